The second-order valence-electron chi connectivity index (χ2n) is 9.49. The first-order chi connectivity index (χ1) is 16.4. The minimum atomic E-state index is -0.583. The van der Waals surface area contributed by atoms with Gasteiger partial charge in [0.05, 0.1) is 5.56 Å². The van der Waals surface area contributed by atoms with Crippen LogP contribution in [0.5, 0.6) is 0 Å². The molecule has 1 saturated carbocycles. The molecule has 34 heavy (non-hydrogen) atoms. The Balaban J connectivity index is 1.82. The highest BCUT2D eigenvalue weighted by Gasteiger charge is 2.36. The molecule has 0 aromatic heterocycles. The summed E-state index contributed by atoms with van der Waals surface area (Å²) >= 11 is 0. The minimum absolute atomic E-state index is 0.0128. The lowest BCUT2D eigenvalue weighted by atomic mass is 9.81. The highest BCUT2D eigenvalue weighted by Crippen LogP contribution is 2.46. The third-order valence-corrected chi connectivity index (χ3v) is 7.16. The minimum Gasteiger partial charge on any atom is -0.396 e. The topological polar surface area (TPSA) is 87.1 Å². The first-order valence-corrected chi connectivity index (χ1v) is 12.1. The van der Waals surface area contributed by atoms with Gasteiger partial charge in [-0.25, -0.2) is 4.39 Å². The van der Waals surface area contributed by atoms with Crippen LogP contribution in [0.25, 0.3) is 11.1 Å². The van der Waals surface area contributed by atoms with Crippen LogP contribution in [0.15, 0.2) is 54.1 Å². The summed E-state index contributed by atoms with van der Waals surface area (Å²) in [6.07, 6.45) is 6.59. The summed E-state index contributed by atoms with van der Waals surface area (Å²) in [5.74, 6) is -0.829. The molecule has 2 aromatic rings. The van der Waals surface area contributed by atoms with E-state index in [0.717, 1.165) is 54.4 Å². The first kappa shape index (κ1) is 24.1. The number of aliphatic hydroxyl groups is 1. The van der Waals surface area contributed by atoms with Crippen molar-refractivity contribution in [3.05, 3.63) is 82.2 Å². The summed E-state index contributed by atoms with van der Waals surface area (Å²) in [5, 5.41) is 19.1. The second kappa shape index (κ2) is 10.5. The van der Waals surface area contributed by atoms with Crippen molar-refractivity contribution >= 4 is 16.9 Å². The molecule has 176 valence electrons. The number of benzene rings is 2. The SMILES string of the molecule is Cc1ccc(C2=C(c3ccc(C#N)c(F)c3)C=C(C(=O)C3CCC[C@@H](N)CC3)C2CCO)cc1. The van der Waals surface area contributed by atoms with Crippen LogP contribution in [0.3, 0.4) is 0 Å². The van der Waals surface area contributed by atoms with Gasteiger partial charge >= 0.3 is 0 Å². The van der Waals surface area contributed by atoms with Crippen molar-refractivity contribution in [3.63, 3.8) is 0 Å². The normalized spacial score (nSPS) is 22.8. The second-order valence-corrected chi connectivity index (χ2v) is 9.49. The number of allylic oxidation sites excluding steroid dienone is 4. The first-order valence-electron chi connectivity index (χ1n) is 12.1. The number of nitriles is 1. The number of Topliss-reactive ketones (excluding diaryl/α,β-unsaturated/α-hetero) is 1. The summed E-state index contributed by atoms with van der Waals surface area (Å²) in [7, 11) is 0. The van der Waals surface area contributed by atoms with E-state index in [2.05, 4.69) is 0 Å². The third kappa shape index (κ3) is 4.89. The highest BCUT2D eigenvalue weighted by atomic mass is 19.1. The van der Waals surface area contributed by atoms with Gasteiger partial charge in [-0.3, -0.25) is 4.79 Å². The molecule has 1 fully saturated rings. The van der Waals surface area contributed by atoms with Crippen LogP contribution in [0, 0.1) is 35.9 Å². The van der Waals surface area contributed by atoms with E-state index in [9.17, 15) is 14.3 Å². The Bertz CT molecular complexity index is 1170. The molecule has 2 aliphatic carbocycles. The van der Waals surface area contributed by atoms with Gasteiger partial charge in [0.15, 0.2) is 5.78 Å². The molecule has 3 N–H and O–H groups in total. The van der Waals surface area contributed by atoms with E-state index in [1.165, 1.54) is 12.1 Å². The molecule has 0 radical (unpaired) electrons. The highest BCUT2D eigenvalue weighted by molar-refractivity contribution is 6.11. The number of nitrogens with zero attached hydrogens (tertiary/aromatic N) is 1. The quantitative estimate of drug-likeness (QED) is 0.573. The van der Waals surface area contributed by atoms with E-state index < -0.39 is 5.82 Å². The predicted molar refractivity (Wildman–Crippen MR) is 132 cm³/mol. The van der Waals surface area contributed by atoms with Crippen LogP contribution < -0.4 is 5.73 Å². The monoisotopic (exact) mass is 458 g/mol. The molecule has 0 heterocycles. The van der Waals surface area contributed by atoms with Crippen LogP contribution >= 0.6 is 0 Å². The Morgan fingerprint density at radius 2 is 1.85 bits per heavy atom. The number of carbonyl (C=O) groups excluding carboxylic acids is 1. The van der Waals surface area contributed by atoms with Gasteiger partial charge in [0.1, 0.15) is 11.9 Å². The summed E-state index contributed by atoms with van der Waals surface area (Å²) in [5.41, 5.74) is 11.2. The van der Waals surface area contributed by atoms with Crippen LogP contribution in [0.2, 0.25) is 0 Å². The number of hydrogen-bond acceptors (Lipinski definition) is 4. The molecule has 2 aliphatic rings. The van der Waals surface area contributed by atoms with Gasteiger partial charge in [-0.2, -0.15) is 5.26 Å². The van der Waals surface area contributed by atoms with E-state index in [1.807, 2.05) is 43.3 Å². The molecule has 0 spiro atoms. The lowest BCUT2D eigenvalue weighted by Crippen LogP contribution is -2.22. The average Bonchev–Trinajstić information content (AvgIpc) is 3.06. The molecular weight excluding hydrogens is 427 g/mol. The Morgan fingerprint density at radius 3 is 2.53 bits per heavy atom. The number of halogens is 1. The van der Waals surface area contributed by atoms with Gasteiger partial charge in [0.2, 0.25) is 0 Å². The molecule has 2 unspecified atom stereocenters. The van der Waals surface area contributed by atoms with Gasteiger partial charge in [0.25, 0.3) is 0 Å². The van der Waals surface area contributed by atoms with E-state index in [4.69, 9.17) is 11.0 Å². The van der Waals surface area contributed by atoms with E-state index in [-0.39, 0.29) is 35.8 Å². The van der Waals surface area contributed by atoms with Gasteiger partial charge in [-0.05, 0) is 79.5 Å². The Hall–Kier alpha value is -3.07. The van der Waals surface area contributed by atoms with Crippen LogP contribution in [0.4, 0.5) is 4.39 Å². The lowest BCUT2D eigenvalue weighted by Gasteiger charge is -2.22. The van der Waals surface area contributed by atoms with E-state index in [0.29, 0.717) is 17.6 Å². The Labute approximate surface area is 200 Å². The molecule has 0 aliphatic heterocycles. The Morgan fingerprint density at radius 1 is 1.12 bits per heavy atom. The standard InChI is InChI=1S/C29H31FN2O2/c1-18-5-7-19(8-6-18)28-24(13-14-33)26(29(34)20-3-2-4-23(32)12-11-20)16-25(28)21-9-10-22(17-31)27(30)15-21/h5-10,15-16,20,23-24,33H,2-4,11-14,32H2,1H3/t20?,23-,24?/m1/s1. The number of rotatable bonds is 6. The van der Waals surface area contributed by atoms with Gasteiger partial charge < -0.3 is 10.8 Å². The number of hydrogen-bond donors (Lipinski definition) is 2. The largest absolute Gasteiger partial charge is 0.396 e. The zero-order valence-corrected chi connectivity index (χ0v) is 19.6. The summed E-state index contributed by atoms with van der Waals surface area (Å²) < 4.78 is 14.6. The van der Waals surface area contributed by atoms with Crippen molar-refractivity contribution in [1.82, 2.24) is 0 Å². The smallest absolute Gasteiger partial charge is 0.162 e. The molecule has 2 aromatic carbocycles. The fourth-order valence-corrected chi connectivity index (χ4v) is 5.28. The number of ketones is 1. The Kier molecular flexibility index (Phi) is 7.41. The maximum Gasteiger partial charge on any atom is 0.162 e. The molecule has 3 atom stereocenters. The van der Waals surface area contributed by atoms with Crippen LogP contribution in [0.1, 0.15) is 60.8 Å². The zero-order valence-electron chi connectivity index (χ0n) is 19.6. The van der Waals surface area contributed by atoms with E-state index >= 15 is 0 Å². The number of aliphatic hydroxyl groups excluding tert-OH is 1. The molecule has 4 rings (SSSR count). The van der Waals surface area contributed by atoms with Crippen molar-refractivity contribution < 1.29 is 14.3 Å². The number of aryl methyl sites for hydroxylation is 1. The van der Waals surface area contributed by atoms with Crippen molar-refractivity contribution in [2.45, 2.75) is 51.5 Å². The van der Waals surface area contributed by atoms with Crippen molar-refractivity contribution in [2.24, 2.45) is 17.6 Å². The summed E-state index contributed by atoms with van der Waals surface area (Å²) in [6.45, 7) is 1.95. The van der Waals surface area contributed by atoms with Crippen molar-refractivity contribution in [2.75, 3.05) is 6.61 Å². The molecular formula is C29H31FN2O2. The fraction of sp³-hybridized carbons (Fsp3) is 0.379. The zero-order chi connectivity index (χ0) is 24.2. The van der Waals surface area contributed by atoms with E-state index in [1.54, 1.807) is 6.07 Å². The fourth-order valence-electron chi connectivity index (χ4n) is 5.28. The van der Waals surface area contributed by atoms with Gasteiger partial charge in [0, 0.05) is 30.1 Å². The molecule has 4 nitrogen and oxygen atoms in total. The van der Waals surface area contributed by atoms with Crippen molar-refractivity contribution in [1.29, 1.82) is 5.26 Å². The molecule has 0 amide bonds. The van der Waals surface area contributed by atoms with Gasteiger partial charge in [-0.1, -0.05) is 42.3 Å². The average molecular weight is 459 g/mol. The molecule has 5 heteroatoms. The number of nitrogens with two attached hydrogens (primary N) is 1. The predicted octanol–water partition coefficient (Wildman–Crippen LogP) is 5.33. The number of carbonyl (C=O) groups is 1. The molecule has 0 saturated heterocycles. The van der Waals surface area contributed by atoms with Crippen LogP contribution in [-0.4, -0.2) is 23.5 Å². The molecule has 0 bridgehead atoms. The lowest BCUT2D eigenvalue weighted by molar-refractivity contribution is -0.119. The maximum atomic E-state index is 14.6. The maximum absolute atomic E-state index is 14.6. The summed E-state index contributed by atoms with van der Waals surface area (Å²) in [4.78, 5) is 13.8. The summed E-state index contributed by atoms with van der Waals surface area (Å²) in [6, 6.07) is 14.6. The van der Waals surface area contributed by atoms with Gasteiger partial charge in [-0.15, -0.1) is 0 Å². The third-order valence-electron chi connectivity index (χ3n) is 7.16. The van der Waals surface area contributed by atoms with Crippen LogP contribution in [-0.2, 0) is 4.79 Å². The van der Waals surface area contributed by atoms with Crippen molar-refractivity contribution in [3.8, 4) is 6.07 Å².